The summed E-state index contributed by atoms with van der Waals surface area (Å²) in [5, 5.41) is 36.4. The van der Waals surface area contributed by atoms with Gasteiger partial charge in [0.1, 0.15) is 0 Å². The minimum atomic E-state index is -1.82. The van der Waals surface area contributed by atoms with Crippen LogP contribution < -0.4 is 5.73 Å². The summed E-state index contributed by atoms with van der Waals surface area (Å²) < 4.78 is 0. The quantitative estimate of drug-likeness (QED) is 0.341. The molecule has 0 saturated heterocycles. The van der Waals surface area contributed by atoms with Gasteiger partial charge in [0.05, 0.1) is 5.69 Å². The number of hydrogen-bond acceptors (Lipinski definition) is 6. The molecule has 21 heavy (non-hydrogen) atoms. The molecule has 7 N–H and O–H groups in total. The van der Waals surface area contributed by atoms with Crippen LogP contribution in [0.2, 0.25) is 0 Å². The molecular formula is C10H15N3O8. The van der Waals surface area contributed by atoms with Gasteiger partial charge < -0.3 is 26.2 Å². The van der Waals surface area contributed by atoms with E-state index in [-0.39, 0.29) is 0 Å². The van der Waals surface area contributed by atoms with Crippen molar-refractivity contribution in [3.63, 3.8) is 0 Å². The molecule has 0 saturated carbocycles. The number of nitrogens with zero attached hydrogens (tertiary/aromatic N) is 1. The van der Waals surface area contributed by atoms with Crippen molar-refractivity contribution in [2.45, 2.75) is 20.4 Å². The van der Waals surface area contributed by atoms with Gasteiger partial charge in [0.15, 0.2) is 0 Å². The van der Waals surface area contributed by atoms with Crippen molar-refractivity contribution in [1.29, 1.82) is 0 Å². The first-order valence-corrected chi connectivity index (χ1v) is 5.17. The maximum absolute atomic E-state index is 9.10. The zero-order valence-corrected chi connectivity index (χ0v) is 11.2. The van der Waals surface area contributed by atoms with Gasteiger partial charge in [0.2, 0.25) is 0 Å². The number of aliphatic carboxylic acids is 4. The molecule has 0 aromatic carbocycles. The Hall–Kier alpha value is -2.95. The standard InChI is InChI=1S/C6H11N3.2C2H2O4/c1-4-6(3-7)5(2)9-8-4;2*3-1(4)2(5)6/h3,7H2,1-2H3,(H,8,9);2*(H,3,4)(H,5,6). The topological polar surface area (TPSA) is 204 Å². The van der Waals surface area contributed by atoms with Gasteiger partial charge in [-0.05, 0) is 13.8 Å². The number of carboxylic acids is 4. The maximum Gasteiger partial charge on any atom is 0.414 e. The highest BCUT2D eigenvalue weighted by Gasteiger charge is 2.04. The number of H-pyrrole nitrogens is 1. The summed E-state index contributed by atoms with van der Waals surface area (Å²) in [5.74, 6) is -7.30. The van der Waals surface area contributed by atoms with Crippen molar-refractivity contribution in [1.82, 2.24) is 10.2 Å². The highest BCUT2D eigenvalue weighted by Crippen LogP contribution is 2.06. The third-order valence-electron chi connectivity index (χ3n) is 1.85. The fourth-order valence-electron chi connectivity index (χ4n) is 0.875. The van der Waals surface area contributed by atoms with Gasteiger partial charge in [0.25, 0.3) is 0 Å². The number of carbonyl (C=O) groups is 4. The maximum atomic E-state index is 9.10. The Morgan fingerprint density at radius 3 is 1.38 bits per heavy atom. The first-order chi connectivity index (χ1) is 9.54. The van der Waals surface area contributed by atoms with E-state index in [2.05, 4.69) is 10.2 Å². The van der Waals surface area contributed by atoms with E-state index in [9.17, 15) is 0 Å². The molecule has 0 aliphatic carbocycles. The molecule has 0 bridgehead atoms. The van der Waals surface area contributed by atoms with Gasteiger partial charge in [-0.2, -0.15) is 5.10 Å². The Kier molecular flexibility index (Phi) is 9.61. The van der Waals surface area contributed by atoms with Crippen LogP contribution >= 0.6 is 0 Å². The molecule has 0 aliphatic rings. The number of nitrogens with one attached hydrogen (secondary N) is 1. The van der Waals surface area contributed by atoms with Crippen molar-refractivity contribution in [3.8, 4) is 0 Å². The normalized spacial score (nSPS) is 8.52. The molecular weight excluding hydrogens is 290 g/mol. The molecule has 0 atom stereocenters. The van der Waals surface area contributed by atoms with Crippen molar-refractivity contribution >= 4 is 23.9 Å². The lowest BCUT2D eigenvalue weighted by molar-refractivity contribution is -0.159. The Labute approximate surface area is 118 Å². The van der Waals surface area contributed by atoms with Crippen LogP contribution in [0.1, 0.15) is 17.0 Å². The van der Waals surface area contributed by atoms with Gasteiger partial charge in [0, 0.05) is 17.8 Å². The number of rotatable bonds is 1. The van der Waals surface area contributed by atoms with Crippen LogP contribution in [-0.2, 0) is 25.7 Å². The summed E-state index contributed by atoms with van der Waals surface area (Å²) in [6, 6.07) is 0. The zero-order chi connectivity index (χ0) is 17.2. The number of nitrogens with two attached hydrogens (primary N) is 1. The Bertz CT molecular complexity index is 455. The van der Waals surface area contributed by atoms with Crippen LogP contribution in [0.4, 0.5) is 0 Å². The van der Waals surface area contributed by atoms with Gasteiger partial charge in [-0.3, -0.25) is 5.10 Å². The van der Waals surface area contributed by atoms with E-state index in [0.717, 1.165) is 17.0 Å². The fourth-order valence-corrected chi connectivity index (χ4v) is 0.875. The van der Waals surface area contributed by atoms with Crippen LogP contribution in [0, 0.1) is 13.8 Å². The van der Waals surface area contributed by atoms with Crippen molar-refractivity contribution in [3.05, 3.63) is 17.0 Å². The summed E-state index contributed by atoms with van der Waals surface area (Å²) in [4.78, 5) is 36.4. The van der Waals surface area contributed by atoms with Crippen LogP contribution in [0.15, 0.2) is 0 Å². The Balaban J connectivity index is 0. The lowest BCUT2D eigenvalue weighted by Gasteiger charge is -1.91. The summed E-state index contributed by atoms with van der Waals surface area (Å²) in [6.45, 7) is 4.50. The fraction of sp³-hybridized carbons (Fsp3) is 0.300. The van der Waals surface area contributed by atoms with E-state index in [4.69, 9.17) is 45.3 Å². The van der Waals surface area contributed by atoms with Crippen molar-refractivity contribution < 1.29 is 39.6 Å². The third-order valence-corrected chi connectivity index (χ3v) is 1.85. The molecule has 0 aliphatic heterocycles. The molecule has 1 aromatic heterocycles. The van der Waals surface area contributed by atoms with Crippen molar-refractivity contribution in [2.24, 2.45) is 5.73 Å². The number of carboxylic acid groups (broad SMARTS) is 4. The predicted molar refractivity (Wildman–Crippen MR) is 66.5 cm³/mol. The van der Waals surface area contributed by atoms with Crippen LogP contribution in [-0.4, -0.2) is 54.5 Å². The Morgan fingerprint density at radius 1 is 0.952 bits per heavy atom. The van der Waals surface area contributed by atoms with Gasteiger partial charge >= 0.3 is 23.9 Å². The minimum Gasteiger partial charge on any atom is -0.473 e. The van der Waals surface area contributed by atoms with E-state index in [1.807, 2.05) is 13.8 Å². The molecule has 0 amide bonds. The molecule has 0 fully saturated rings. The monoisotopic (exact) mass is 305 g/mol. The molecule has 11 nitrogen and oxygen atoms in total. The average Bonchev–Trinajstić information content (AvgIpc) is 2.69. The van der Waals surface area contributed by atoms with E-state index in [0.29, 0.717) is 6.54 Å². The van der Waals surface area contributed by atoms with Gasteiger partial charge in [-0.25, -0.2) is 19.2 Å². The molecule has 11 heteroatoms. The second kappa shape index (κ2) is 9.91. The zero-order valence-electron chi connectivity index (χ0n) is 11.2. The minimum absolute atomic E-state index is 0.578. The average molecular weight is 305 g/mol. The highest BCUT2D eigenvalue weighted by atomic mass is 16.4. The van der Waals surface area contributed by atoms with Gasteiger partial charge in [-0.15, -0.1) is 0 Å². The number of aromatic nitrogens is 2. The summed E-state index contributed by atoms with van der Waals surface area (Å²) in [7, 11) is 0. The summed E-state index contributed by atoms with van der Waals surface area (Å²) in [5.41, 5.74) is 8.66. The van der Waals surface area contributed by atoms with E-state index in [1.54, 1.807) is 0 Å². The Morgan fingerprint density at radius 2 is 1.29 bits per heavy atom. The smallest absolute Gasteiger partial charge is 0.414 e. The van der Waals surface area contributed by atoms with Crippen molar-refractivity contribution in [2.75, 3.05) is 0 Å². The SMILES string of the molecule is Cc1n[nH]c(C)c1CN.O=C(O)C(=O)O.O=C(O)C(=O)O. The molecule has 1 rings (SSSR count). The van der Waals surface area contributed by atoms with Crippen LogP contribution in [0.25, 0.3) is 0 Å². The summed E-state index contributed by atoms with van der Waals surface area (Å²) >= 11 is 0. The lowest BCUT2D eigenvalue weighted by atomic mass is 10.2. The third kappa shape index (κ3) is 9.61. The molecule has 0 unspecified atom stereocenters. The number of hydrogen-bond donors (Lipinski definition) is 6. The van der Waals surface area contributed by atoms with Gasteiger partial charge in [-0.1, -0.05) is 0 Å². The highest BCUT2D eigenvalue weighted by molar-refractivity contribution is 6.27. The number of aryl methyl sites for hydroxylation is 2. The molecule has 118 valence electrons. The van der Waals surface area contributed by atoms with Crippen LogP contribution in [0.3, 0.4) is 0 Å². The molecule has 1 aromatic rings. The number of aromatic amines is 1. The second-order valence-corrected chi connectivity index (χ2v) is 3.34. The molecule has 0 radical (unpaired) electrons. The second-order valence-electron chi connectivity index (χ2n) is 3.34. The first-order valence-electron chi connectivity index (χ1n) is 5.17. The molecule has 0 spiro atoms. The molecule has 1 heterocycles. The predicted octanol–water partition coefficient (Wildman–Crippen LogP) is -1.20. The first kappa shape index (κ1) is 20.4. The summed E-state index contributed by atoms with van der Waals surface area (Å²) in [6.07, 6.45) is 0. The van der Waals surface area contributed by atoms with E-state index in [1.165, 1.54) is 0 Å². The van der Waals surface area contributed by atoms with E-state index < -0.39 is 23.9 Å². The largest absolute Gasteiger partial charge is 0.473 e. The lowest BCUT2D eigenvalue weighted by Crippen LogP contribution is -2.09. The van der Waals surface area contributed by atoms with E-state index >= 15 is 0 Å². The van der Waals surface area contributed by atoms with Crippen LogP contribution in [0.5, 0.6) is 0 Å².